The van der Waals surface area contributed by atoms with Gasteiger partial charge in [-0.05, 0) is 18.6 Å². The van der Waals surface area contributed by atoms with Crippen molar-refractivity contribution in [3.05, 3.63) is 47.0 Å². The summed E-state index contributed by atoms with van der Waals surface area (Å²) in [5, 5.41) is 11.5. The number of hydrogen-bond donors (Lipinski definition) is 2. The van der Waals surface area contributed by atoms with Crippen molar-refractivity contribution in [1.29, 1.82) is 5.26 Å². The number of nitrogen functional groups attached to an aromatic ring is 1. The average Bonchev–Trinajstić information content (AvgIpc) is 2.54. The highest BCUT2D eigenvalue weighted by Gasteiger charge is 2.30. The number of halogens is 3. The minimum atomic E-state index is -4.48. The monoisotopic (exact) mass is 364 g/mol. The number of carbonyl (C=O) groups is 1. The topological polar surface area (TPSA) is 101 Å². The lowest BCUT2D eigenvalue weighted by molar-refractivity contribution is -0.137. The molecule has 0 saturated carbocycles. The molecule has 26 heavy (non-hydrogen) atoms. The van der Waals surface area contributed by atoms with Crippen LogP contribution in [0.15, 0.2) is 30.3 Å². The van der Waals surface area contributed by atoms with Crippen LogP contribution in [0.3, 0.4) is 0 Å². The van der Waals surface area contributed by atoms with E-state index in [2.05, 4.69) is 10.3 Å². The molecule has 0 aliphatic carbocycles. The Morgan fingerprint density at radius 1 is 1.38 bits per heavy atom. The van der Waals surface area contributed by atoms with Crippen molar-refractivity contribution in [3.63, 3.8) is 0 Å². The molecule has 0 aliphatic rings. The van der Waals surface area contributed by atoms with Gasteiger partial charge in [0.1, 0.15) is 17.5 Å². The van der Waals surface area contributed by atoms with Crippen molar-refractivity contribution in [1.82, 2.24) is 4.98 Å². The van der Waals surface area contributed by atoms with Gasteiger partial charge in [0.25, 0.3) is 0 Å². The van der Waals surface area contributed by atoms with E-state index in [1.54, 1.807) is 6.92 Å². The highest BCUT2D eigenvalue weighted by Crippen LogP contribution is 2.30. The lowest BCUT2D eigenvalue weighted by atomic mass is 10.1. The summed E-state index contributed by atoms with van der Waals surface area (Å²) in [7, 11) is 0. The molecule has 1 aromatic carbocycles. The van der Waals surface area contributed by atoms with Gasteiger partial charge in [-0.25, -0.2) is 0 Å². The van der Waals surface area contributed by atoms with Gasteiger partial charge in [-0.1, -0.05) is 18.2 Å². The summed E-state index contributed by atoms with van der Waals surface area (Å²) in [6, 6.07) is 7.63. The van der Waals surface area contributed by atoms with Crippen LogP contribution in [0.5, 0.6) is 5.88 Å². The lowest BCUT2D eigenvalue weighted by Crippen LogP contribution is -2.17. The summed E-state index contributed by atoms with van der Waals surface area (Å²) in [5.74, 6) is -0.560. The van der Waals surface area contributed by atoms with Gasteiger partial charge in [-0.15, -0.1) is 0 Å². The van der Waals surface area contributed by atoms with E-state index in [0.717, 1.165) is 12.1 Å². The predicted molar refractivity (Wildman–Crippen MR) is 88.3 cm³/mol. The molecule has 2 rings (SSSR count). The average molecular weight is 364 g/mol. The molecular formula is C17H15F3N4O2. The molecule has 0 unspecified atom stereocenters. The predicted octanol–water partition coefficient (Wildman–Crippen LogP) is 3.13. The largest absolute Gasteiger partial charge is 0.477 e. The standard InChI is InChI=1S/C17H15F3N4O2/c1-2-26-16-12(9-21)13(22)8-14(24-16)23-15(25)7-10-4-3-5-11(6-10)17(18,19)20/h3-6,8H,2,7H2,1H3,(H3,22,23,24,25). The van der Waals surface area contributed by atoms with Gasteiger partial charge in [0.2, 0.25) is 11.8 Å². The van der Waals surface area contributed by atoms with Gasteiger partial charge in [0, 0.05) is 6.07 Å². The van der Waals surface area contributed by atoms with Crippen molar-refractivity contribution in [2.24, 2.45) is 0 Å². The fourth-order valence-electron chi connectivity index (χ4n) is 2.19. The van der Waals surface area contributed by atoms with Crippen LogP contribution in [0.1, 0.15) is 23.6 Å². The number of amides is 1. The van der Waals surface area contributed by atoms with Crippen molar-refractivity contribution in [2.45, 2.75) is 19.5 Å². The first-order valence-electron chi connectivity index (χ1n) is 7.54. The first kappa shape index (κ1) is 19.1. The number of benzene rings is 1. The number of ether oxygens (including phenoxy) is 1. The number of anilines is 2. The molecule has 1 amide bonds. The van der Waals surface area contributed by atoms with E-state index >= 15 is 0 Å². The van der Waals surface area contributed by atoms with Gasteiger partial charge < -0.3 is 15.8 Å². The van der Waals surface area contributed by atoms with Crippen molar-refractivity contribution < 1.29 is 22.7 Å². The van der Waals surface area contributed by atoms with E-state index in [1.165, 1.54) is 18.2 Å². The first-order chi connectivity index (χ1) is 12.2. The zero-order chi connectivity index (χ0) is 19.3. The molecule has 6 nitrogen and oxygen atoms in total. The number of nitrogens with zero attached hydrogens (tertiary/aromatic N) is 2. The summed E-state index contributed by atoms with van der Waals surface area (Å²) in [4.78, 5) is 16.1. The Bertz CT molecular complexity index is 860. The van der Waals surface area contributed by atoms with Crippen LogP contribution in [-0.2, 0) is 17.4 Å². The summed E-state index contributed by atoms with van der Waals surface area (Å²) < 4.78 is 43.4. The van der Waals surface area contributed by atoms with Crippen molar-refractivity contribution in [2.75, 3.05) is 17.7 Å². The third-order valence-corrected chi connectivity index (χ3v) is 3.30. The van der Waals surface area contributed by atoms with E-state index in [4.69, 9.17) is 15.7 Å². The number of alkyl halides is 3. The molecular weight excluding hydrogens is 349 g/mol. The molecule has 0 bridgehead atoms. The fraction of sp³-hybridized carbons (Fsp3) is 0.235. The van der Waals surface area contributed by atoms with Gasteiger partial charge in [-0.3, -0.25) is 4.79 Å². The number of pyridine rings is 1. The summed E-state index contributed by atoms with van der Waals surface area (Å²) in [5.41, 5.74) is 5.22. The number of nitriles is 1. The summed E-state index contributed by atoms with van der Waals surface area (Å²) in [6.45, 7) is 1.93. The molecule has 1 aromatic heterocycles. The Morgan fingerprint density at radius 2 is 2.12 bits per heavy atom. The molecule has 3 N–H and O–H groups in total. The Hall–Kier alpha value is -3.28. The Labute approximate surface area is 147 Å². The molecule has 0 spiro atoms. The van der Waals surface area contributed by atoms with Crippen molar-refractivity contribution >= 4 is 17.4 Å². The van der Waals surface area contributed by atoms with Gasteiger partial charge >= 0.3 is 6.18 Å². The number of nitrogens with two attached hydrogens (primary N) is 1. The molecule has 9 heteroatoms. The number of carbonyl (C=O) groups excluding carboxylic acids is 1. The molecule has 1 heterocycles. The quantitative estimate of drug-likeness (QED) is 0.849. The molecule has 0 fully saturated rings. The van der Waals surface area contributed by atoms with E-state index < -0.39 is 17.6 Å². The molecule has 0 aliphatic heterocycles. The van der Waals surface area contributed by atoms with E-state index in [0.29, 0.717) is 0 Å². The second-order valence-electron chi connectivity index (χ2n) is 5.24. The summed E-state index contributed by atoms with van der Waals surface area (Å²) in [6.07, 6.45) is -4.77. The highest BCUT2D eigenvalue weighted by atomic mass is 19.4. The summed E-state index contributed by atoms with van der Waals surface area (Å²) >= 11 is 0. The SMILES string of the molecule is CCOc1nc(NC(=O)Cc2cccc(C(F)(F)F)c2)cc(N)c1C#N. The maximum Gasteiger partial charge on any atom is 0.416 e. The molecule has 0 saturated heterocycles. The van der Waals surface area contributed by atoms with Crippen LogP contribution < -0.4 is 15.8 Å². The van der Waals surface area contributed by atoms with E-state index in [9.17, 15) is 18.0 Å². The Balaban J connectivity index is 2.17. The van der Waals surface area contributed by atoms with Crippen molar-refractivity contribution in [3.8, 4) is 11.9 Å². The maximum atomic E-state index is 12.7. The zero-order valence-corrected chi connectivity index (χ0v) is 13.7. The van der Waals surface area contributed by atoms with Crippen LogP contribution in [-0.4, -0.2) is 17.5 Å². The lowest BCUT2D eigenvalue weighted by Gasteiger charge is -2.11. The molecule has 0 radical (unpaired) electrons. The first-order valence-corrected chi connectivity index (χ1v) is 7.54. The van der Waals surface area contributed by atoms with Crippen LogP contribution in [0.4, 0.5) is 24.7 Å². The number of nitrogens with one attached hydrogen (secondary N) is 1. The van der Waals surface area contributed by atoms with Crippen LogP contribution in [0.2, 0.25) is 0 Å². The number of rotatable bonds is 5. The van der Waals surface area contributed by atoms with E-state index in [-0.39, 0.29) is 41.5 Å². The van der Waals surface area contributed by atoms with Gasteiger partial charge in [0.15, 0.2) is 0 Å². The number of aromatic nitrogens is 1. The van der Waals surface area contributed by atoms with Crippen LogP contribution >= 0.6 is 0 Å². The van der Waals surface area contributed by atoms with Gasteiger partial charge in [-0.2, -0.15) is 23.4 Å². The Kier molecular flexibility index (Phi) is 5.67. The minimum Gasteiger partial charge on any atom is -0.477 e. The molecule has 2 aromatic rings. The maximum absolute atomic E-state index is 12.7. The molecule has 136 valence electrons. The third kappa shape index (κ3) is 4.63. The smallest absolute Gasteiger partial charge is 0.416 e. The zero-order valence-electron chi connectivity index (χ0n) is 13.7. The fourth-order valence-corrected chi connectivity index (χ4v) is 2.19. The second kappa shape index (κ2) is 7.74. The van der Waals surface area contributed by atoms with Crippen LogP contribution in [0, 0.1) is 11.3 Å². The molecule has 0 atom stereocenters. The Morgan fingerprint density at radius 3 is 2.73 bits per heavy atom. The second-order valence-corrected chi connectivity index (χ2v) is 5.24. The highest BCUT2D eigenvalue weighted by molar-refractivity contribution is 5.92. The van der Waals surface area contributed by atoms with Gasteiger partial charge in [0.05, 0.1) is 24.3 Å². The minimum absolute atomic E-state index is 0.0237. The van der Waals surface area contributed by atoms with Crippen LogP contribution in [0.25, 0.3) is 0 Å². The number of hydrogen-bond acceptors (Lipinski definition) is 5. The van der Waals surface area contributed by atoms with E-state index in [1.807, 2.05) is 6.07 Å². The normalized spacial score (nSPS) is 10.9. The third-order valence-electron chi connectivity index (χ3n) is 3.30.